The minimum atomic E-state index is -0.0655. The zero-order valence-corrected chi connectivity index (χ0v) is 9.78. The molecule has 4 rings (SSSR count). The van der Waals surface area contributed by atoms with Crippen LogP contribution in [0.5, 0.6) is 0 Å². The van der Waals surface area contributed by atoms with Gasteiger partial charge in [0.15, 0.2) is 5.78 Å². The fourth-order valence-corrected chi connectivity index (χ4v) is 3.16. The van der Waals surface area contributed by atoms with Gasteiger partial charge >= 0.3 is 0 Å². The van der Waals surface area contributed by atoms with E-state index in [-0.39, 0.29) is 23.7 Å². The molecule has 2 heterocycles. The van der Waals surface area contributed by atoms with E-state index >= 15 is 0 Å². The molecule has 4 nitrogen and oxygen atoms in total. The molecule has 3 aliphatic rings. The minimum absolute atomic E-state index is 0.0655. The number of nitrogens with zero attached hydrogens (tertiary/aromatic N) is 2. The summed E-state index contributed by atoms with van der Waals surface area (Å²) in [4.78, 5) is 11.9. The Morgan fingerprint density at radius 2 is 2.22 bits per heavy atom. The molecule has 4 heteroatoms. The van der Waals surface area contributed by atoms with Gasteiger partial charge < -0.3 is 0 Å². The van der Waals surface area contributed by atoms with E-state index in [2.05, 4.69) is 22.7 Å². The van der Waals surface area contributed by atoms with Crippen molar-refractivity contribution in [1.29, 1.82) is 0 Å². The van der Waals surface area contributed by atoms with E-state index in [0.717, 1.165) is 12.1 Å². The average Bonchev–Trinajstić information content (AvgIpc) is 2.77. The second kappa shape index (κ2) is 3.45. The first kappa shape index (κ1) is 9.88. The van der Waals surface area contributed by atoms with Gasteiger partial charge in [-0.3, -0.25) is 10.2 Å². The van der Waals surface area contributed by atoms with E-state index in [1.165, 1.54) is 5.56 Å². The zero-order chi connectivity index (χ0) is 12.1. The number of ketones is 1. The SMILES string of the molecule is O=C1C=CCC2C1C=NN1Nc3ccccc3C21. The fourth-order valence-electron chi connectivity index (χ4n) is 3.16. The third-order valence-corrected chi connectivity index (χ3v) is 4.02. The molecule has 3 atom stereocenters. The fraction of sp³-hybridized carbons (Fsp3) is 0.286. The van der Waals surface area contributed by atoms with Gasteiger partial charge in [0.1, 0.15) is 6.04 Å². The average molecular weight is 239 g/mol. The molecule has 0 fully saturated rings. The highest BCUT2D eigenvalue weighted by atomic mass is 16.1. The largest absolute Gasteiger partial charge is 0.294 e. The summed E-state index contributed by atoms with van der Waals surface area (Å²) in [5, 5.41) is 6.27. The quantitative estimate of drug-likeness (QED) is 0.754. The summed E-state index contributed by atoms with van der Waals surface area (Å²) < 4.78 is 0. The lowest BCUT2D eigenvalue weighted by Gasteiger charge is -2.37. The Morgan fingerprint density at radius 1 is 1.33 bits per heavy atom. The highest BCUT2D eigenvalue weighted by molar-refractivity contribution is 6.03. The zero-order valence-electron chi connectivity index (χ0n) is 9.78. The van der Waals surface area contributed by atoms with Crippen molar-refractivity contribution in [2.24, 2.45) is 16.9 Å². The second-order valence-electron chi connectivity index (χ2n) is 4.98. The monoisotopic (exact) mass is 239 g/mol. The summed E-state index contributed by atoms with van der Waals surface area (Å²) in [6.07, 6.45) is 6.39. The number of hydrogen-bond donors (Lipinski definition) is 1. The van der Waals surface area contributed by atoms with Crippen LogP contribution in [0, 0.1) is 11.8 Å². The lowest BCUT2D eigenvalue weighted by molar-refractivity contribution is -0.119. The van der Waals surface area contributed by atoms with Gasteiger partial charge in [0, 0.05) is 17.7 Å². The normalized spacial score (nSPS) is 31.7. The number of nitrogens with one attached hydrogen (secondary N) is 1. The maximum atomic E-state index is 11.9. The predicted molar refractivity (Wildman–Crippen MR) is 68.9 cm³/mol. The minimum Gasteiger partial charge on any atom is -0.294 e. The van der Waals surface area contributed by atoms with E-state index in [9.17, 15) is 4.79 Å². The van der Waals surface area contributed by atoms with Crippen LogP contribution in [0.15, 0.2) is 41.5 Å². The van der Waals surface area contributed by atoms with Gasteiger partial charge in [0.2, 0.25) is 0 Å². The van der Waals surface area contributed by atoms with Crippen LogP contribution in [0.4, 0.5) is 5.69 Å². The molecular formula is C14H13N3O. The number of benzene rings is 1. The first-order chi connectivity index (χ1) is 8.84. The van der Waals surface area contributed by atoms with Gasteiger partial charge in [-0.15, -0.1) is 0 Å². The van der Waals surface area contributed by atoms with Crippen LogP contribution in [0.2, 0.25) is 0 Å². The van der Waals surface area contributed by atoms with E-state index in [1.807, 2.05) is 23.3 Å². The highest BCUT2D eigenvalue weighted by Gasteiger charge is 2.44. The lowest BCUT2D eigenvalue weighted by Crippen LogP contribution is -2.41. The maximum absolute atomic E-state index is 11.9. The molecule has 0 radical (unpaired) electrons. The van der Waals surface area contributed by atoms with Gasteiger partial charge in [0.05, 0.1) is 11.6 Å². The van der Waals surface area contributed by atoms with E-state index < -0.39 is 0 Å². The molecule has 90 valence electrons. The van der Waals surface area contributed by atoms with Crippen molar-refractivity contribution in [3.8, 4) is 0 Å². The van der Waals surface area contributed by atoms with Crippen LogP contribution in [-0.2, 0) is 4.79 Å². The van der Waals surface area contributed by atoms with E-state index in [0.29, 0.717) is 0 Å². The molecule has 1 aromatic rings. The van der Waals surface area contributed by atoms with Crippen molar-refractivity contribution in [3.63, 3.8) is 0 Å². The summed E-state index contributed by atoms with van der Waals surface area (Å²) in [6, 6.07) is 8.40. The number of para-hydroxylation sites is 1. The molecule has 0 saturated heterocycles. The molecule has 1 aliphatic carbocycles. The first-order valence-electron chi connectivity index (χ1n) is 6.24. The van der Waals surface area contributed by atoms with Crippen molar-refractivity contribution in [3.05, 3.63) is 42.0 Å². The molecule has 0 saturated carbocycles. The van der Waals surface area contributed by atoms with Crippen molar-refractivity contribution >= 4 is 17.7 Å². The molecule has 0 aromatic heterocycles. The number of fused-ring (bicyclic) bond motifs is 5. The van der Waals surface area contributed by atoms with E-state index in [4.69, 9.17) is 0 Å². The summed E-state index contributed by atoms with van der Waals surface area (Å²) in [5.74, 6) is 0.402. The summed E-state index contributed by atoms with van der Waals surface area (Å²) in [6.45, 7) is 0. The number of carbonyl (C=O) groups is 1. The number of hydrogen-bond acceptors (Lipinski definition) is 4. The molecule has 1 N–H and O–H groups in total. The highest BCUT2D eigenvalue weighted by Crippen LogP contribution is 2.46. The molecule has 18 heavy (non-hydrogen) atoms. The van der Waals surface area contributed by atoms with Crippen molar-refractivity contribution < 1.29 is 4.79 Å². The first-order valence-corrected chi connectivity index (χ1v) is 6.24. The van der Waals surface area contributed by atoms with Gasteiger partial charge in [-0.25, -0.2) is 5.12 Å². The van der Waals surface area contributed by atoms with Crippen LogP contribution in [0.25, 0.3) is 0 Å². The molecule has 1 aromatic carbocycles. The number of anilines is 1. The predicted octanol–water partition coefficient (Wildman–Crippen LogP) is 2.13. The maximum Gasteiger partial charge on any atom is 0.164 e. The smallest absolute Gasteiger partial charge is 0.164 e. The van der Waals surface area contributed by atoms with E-state index in [1.54, 1.807) is 12.3 Å². The number of allylic oxidation sites excluding steroid dienone is 2. The van der Waals surface area contributed by atoms with Crippen molar-refractivity contribution in [1.82, 2.24) is 5.12 Å². The molecule has 0 amide bonds. The van der Waals surface area contributed by atoms with Gasteiger partial charge in [-0.1, -0.05) is 24.3 Å². The number of hydrazone groups is 1. The van der Waals surface area contributed by atoms with Crippen molar-refractivity contribution in [2.75, 3.05) is 5.43 Å². The molecule has 0 spiro atoms. The Morgan fingerprint density at radius 3 is 3.17 bits per heavy atom. The van der Waals surface area contributed by atoms with Gasteiger partial charge in [-0.2, -0.15) is 5.10 Å². The molecule has 3 unspecified atom stereocenters. The summed E-state index contributed by atoms with van der Waals surface area (Å²) in [5.41, 5.74) is 5.63. The number of rotatable bonds is 0. The topological polar surface area (TPSA) is 44.7 Å². The Bertz CT molecular complexity index is 578. The lowest BCUT2D eigenvalue weighted by atomic mass is 9.75. The second-order valence-corrected chi connectivity index (χ2v) is 4.98. The molecule has 2 aliphatic heterocycles. The van der Waals surface area contributed by atoms with Crippen LogP contribution in [-0.4, -0.2) is 17.1 Å². The summed E-state index contributed by atoms with van der Waals surface area (Å²) in [7, 11) is 0. The van der Waals surface area contributed by atoms with Crippen molar-refractivity contribution in [2.45, 2.75) is 12.5 Å². The number of hydrazine groups is 1. The van der Waals surface area contributed by atoms with Gasteiger partial charge in [-0.05, 0) is 18.6 Å². The Kier molecular flexibility index (Phi) is 1.89. The standard InChI is InChI=1S/C14H13N3O/c18-13-7-3-5-9-11(13)8-15-17-14(9)10-4-1-2-6-12(10)16-17/h1-4,6-9,11,14,16H,5H2. The molecule has 0 bridgehead atoms. The van der Waals surface area contributed by atoms with Crippen LogP contribution in [0.3, 0.4) is 0 Å². The Labute approximate surface area is 105 Å². The third kappa shape index (κ3) is 1.20. The van der Waals surface area contributed by atoms with Crippen LogP contribution in [0.1, 0.15) is 18.0 Å². The molecular weight excluding hydrogens is 226 g/mol. The third-order valence-electron chi connectivity index (χ3n) is 4.02. The Hall–Kier alpha value is -2.10. The van der Waals surface area contributed by atoms with Crippen LogP contribution < -0.4 is 5.43 Å². The number of carbonyl (C=O) groups excluding carboxylic acids is 1. The van der Waals surface area contributed by atoms with Gasteiger partial charge in [0.25, 0.3) is 0 Å². The Balaban J connectivity index is 1.82. The summed E-state index contributed by atoms with van der Waals surface area (Å²) >= 11 is 0. The van der Waals surface area contributed by atoms with Crippen LogP contribution >= 0.6 is 0 Å².